The molecule has 1 amide bonds. The minimum Gasteiger partial charge on any atom is -0.443 e. The first-order valence-electron chi connectivity index (χ1n) is 7.49. The Kier molecular flexibility index (Phi) is 4.71. The Hall–Kier alpha value is -2.79. The molecule has 0 aromatic heterocycles. The van der Waals surface area contributed by atoms with E-state index in [0.29, 0.717) is 6.54 Å². The summed E-state index contributed by atoms with van der Waals surface area (Å²) in [7, 11) is 0. The molecule has 0 spiro atoms. The van der Waals surface area contributed by atoms with Crippen molar-refractivity contribution in [3.8, 4) is 12.1 Å². The van der Waals surface area contributed by atoms with Crippen LogP contribution in [-0.4, -0.2) is 18.2 Å². The highest BCUT2D eigenvalue weighted by Gasteiger charge is 2.27. The van der Waals surface area contributed by atoms with Crippen LogP contribution in [-0.2, 0) is 11.2 Å². The fourth-order valence-electron chi connectivity index (χ4n) is 2.47. The van der Waals surface area contributed by atoms with Crippen LogP contribution < -0.4 is 4.90 Å². The van der Waals surface area contributed by atoms with Gasteiger partial charge in [0.15, 0.2) is 0 Å². The van der Waals surface area contributed by atoms with E-state index in [9.17, 15) is 4.79 Å². The van der Waals surface area contributed by atoms with Crippen molar-refractivity contribution in [3.05, 3.63) is 34.9 Å². The average molecular weight is 309 g/mol. The number of fused-ring (bicyclic) bond motifs is 1. The molecule has 0 atom stereocenters. The minimum absolute atomic E-state index is 0.0600. The lowest BCUT2D eigenvalue weighted by atomic mass is 9.98. The van der Waals surface area contributed by atoms with Gasteiger partial charge in [0.2, 0.25) is 0 Å². The highest BCUT2D eigenvalue weighted by Crippen LogP contribution is 2.30. The van der Waals surface area contributed by atoms with Crippen LogP contribution in [0.1, 0.15) is 38.3 Å². The van der Waals surface area contributed by atoms with Crippen LogP contribution in [0.25, 0.3) is 6.08 Å². The number of nitriles is 2. The first-order valence-corrected chi connectivity index (χ1v) is 7.49. The fraction of sp³-hybridized carbons (Fsp3) is 0.389. The van der Waals surface area contributed by atoms with Crippen LogP contribution in [0.5, 0.6) is 0 Å². The lowest BCUT2D eigenvalue weighted by Gasteiger charge is -2.31. The molecule has 0 saturated carbocycles. The van der Waals surface area contributed by atoms with Crippen molar-refractivity contribution in [2.24, 2.45) is 0 Å². The Morgan fingerprint density at radius 3 is 2.61 bits per heavy atom. The summed E-state index contributed by atoms with van der Waals surface area (Å²) < 4.78 is 5.45. The van der Waals surface area contributed by atoms with Gasteiger partial charge in [-0.2, -0.15) is 10.5 Å². The van der Waals surface area contributed by atoms with E-state index >= 15 is 0 Å². The molecular formula is C18H19N3O2. The van der Waals surface area contributed by atoms with Gasteiger partial charge in [0.05, 0.1) is 5.69 Å². The number of amides is 1. The molecule has 1 aromatic carbocycles. The number of allylic oxidation sites excluding steroid dienone is 1. The van der Waals surface area contributed by atoms with E-state index in [4.69, 9.17) is 15.3 Å². The monoisotopic (exact) mass is 309 g/mol. The summed E-state index contributed by atoms with van der Waals surface area (Å²) in [6, 6.07) is 9.26. The third-order valence-electron chi connectivity index (χ3n) is 3.39. The van der Waals surface area contributed by atoms with Crippen LogP contribution in [0.2, 0.25) is 0 Å². The molecule has 0 bridgehead atoms. The van der Waals surface area contributed by atoms with Crippen LogP contribution in [0.15, 0.2) is 23.8 Å². The fourth-order valence-corrected chi connectivity index (χ4v) is 2.47. The summed E-state index contributed by atoms with van der Waals surface area (Å²) in [5.74, 6) is 0. The van der Waals surface area contributed by atoms with Gasteiger partial charge in [-0.25, -0.2) is 4.79 Å². The number of aryl methyl sites for hydroxylation is 1. The molecule has 1 aromatic rings. The molecule has 0 N–H and O–H groups in total. The maximum atomic E-state index is 12.3. The Morgan fingerprint density at radius 1 is 1.30 bits per heavy atom. The van der Waals surface area contributed by atoms with Crippen LogP contribution in [0.4, 0.5) is 10.5 Å². The van der Waals surface area contributed by atoms with Crippen LogP contribution in [0, 0.1) is 22.7 Å². The quantitative estimate of drug-likeness (QED) is 0.739. The van der Waals surface area contributed by atoms with Crippen molar-refractivity contribution in [1.82, 2.24) is 0 Å². The van der Waals surface area contributed by atoms with Crippen molar-refractivity contribution in [2.75, 3.05) is 11.4 Å². The number of carbonyl (C=O) groups excluding carboxylic acids is 1. The SMILES string of the molecule is CC(C)(C)OC(=O)N1CCCc2cc(C=C(C#N)C#N)ccc21. The number of benzene rings is 1. The molecule has 23 heavy (non-hydrogen) atoms. The lowest BCUT2D eigenvalue weighted by molar-refractivity contribution is 0.0578. The Morgan fingerprint density at radius 2 is 2.00 bits per heavy atom. The molecular weight excluding hydrogens is 290 g/mol. The molecule has 1 heterocycles. The summed E-state index contributed by atoms with van der Waals surface area (Å²) in [6.45, 7) is 6.15. The van der Waals surface area contributed by atoms with E-state index in [2.05, 4.69) is 0 Å². The molecule has 0 fully saturated rings. The van der Waals surface area contributed by atoms with E-state index < -0.39 is 5.60 Å². The molecule has 1 aliphatic heterocycles. The van der Waals surface area contributed by atoms with E-state index in [1.165, 1.54) is 0 Å². The van der Waals surface area contributed by atoms with Gasteiger partial charge < -0.3 is 4.74 Å². The summed E-state index contributed by atoms with van der Waals surface area (Å²) in [5.41, 5.74) is 2.16. The second-order valence-corrected chi connectivity index (χ2v) is 6.41. The predicted molar refractivity (Wildman–Crippen MR) is 87.5 cm³/mol. The van der Waals surface area contributed by atoms with Gasteiger partial charge in [-0.15, -0.1) is 0 Å². The second kappa shape index (κ2) is 6.54. The first kappa shape index (κ1) is 16.6. The number of rotatable bonds is 1. The van der Waals surface area contributed by atoms with E-state index in [1.54, 1.807) is 17.0 Å². The normalized spacial score (nSPS) is 13.3. The van der Waals surface area contributed by atoms with Crippen molar-refractivity contribution in [2.45, 2.75) is 39.2 Å². The molecule has 0 saturated heterocycles. The van der Waals surface area contributed by atoms with E-state index in [1.807, 2.05) is 45.0 Å². The second-order valence-electron chi connectivity index (χ2n) is 6.41. The van der Waals surface area contributed by atoms with Crippen molar-refractivity contribution in [1.29, 1.82) is 10.5 Å². The van der Waals surface area contributed by atoms with Crippen molar-refractivity contribution >= 4 is 17.9 Å². The number of hydrogen-bond donors (Lipinski definition) is 0. The zero-order valence-corrected chi connectivity index (χ0v) is 13.6. The molecule has 2 rings (SSSR count). The Balaban J connectivity index is 2.31. The third-order valence-corrected chi connectivity index (χ3v) is 3.39. The highest BCUT2D eigenvalue weighted by atomic mass is 16.6. The molecule has 0 radical (unpaired) electrons. The average Bonchev–Trinajstić information content (AvgIpc) is 2.50. The Bertz CT molecular complexity index is 714. The highest BCUT2D eigenvalue weighted by molar-refractivity contribution is 5.89. The summed E-state index contributed by atoms with van der Waals surface area (Å²) in [5, 5.41) is 17.7. The van der Waals surface area contributed by atoms with Crippen LogP contribution in [0.3, 0.4) is 0 Å². The maximum Gasteiger partial charge on any atom is 0.414 e. The standard InChI is InChI=1S/C18H19N3O2/c1-18(2,3)23-17(22)21-8-4-5-15-10-13(6-7-16(15)21)9-14(11-19)12-20/h6-7,9-10H,4-5,8H2,1-3H3. The molecule has 5 nitrogen and oxygen atoms in total. The predicted octanol–water partition coefficient (Wildman–Crippen LogP) is 3.80. The maximum absolute atomic E-state index is 12.3. The lowest BCUT2D eigenvalue weighted by Crippen LogP contribution is -2.39. The third kappa shape index (κ3) is 4.11. The molecule has 0 aliphatic carbocycles. The summed E-state index contributed by atoms with van der Waals surface area (Å²) in [6.07, 6.45) is 2.90. The van der Waals surface area contributed by atoms with E-state index in [0.717, 1.165) is 29.7 Å². The van der Waals surface area contributed by atoms with Gasteiger partial charge in [0, 0.05) is 6.54 Å². The number of ether oxygens (including phenoxy) is 1. The molecule has 118 valence electrons. The van der Waals surface area contributed by atoms with Gasteiger partial charge in [-0.3, -0.25) is 4.90 Å². The number of anilines is 1. The van der Waals surface area contributed by atoms with Gasteiger partial charge in [-0.05, 0) is 62.9 Å². The molecule has 1 aliphatic rings. The van der Waals surface area contributed by atoms with Gasteiger partial charge in [-0.1, -0.05) is 6.07 Å². The van der Waals surface area contributed by atoms with Crippen molar-refractivity contribution < 1.29 is 9.53 Å². The number of hydrogen-bond acceptors (Lipinski definition) is 4. The largest absolute Gasteiger partial charge is 0.443 e. The first-order chi connectivity index (χ1) is 10.8. The van der Waals surface area contributed by atoms with Gasteiger partial charge >= 0.3 is 6.09 Å². The topological polar surface area (TPSA) is 77.1 Å². The minimum atomic E-state index is -0.536. The Labute approximate surface area is 136 Å². The molecule has 5 heteroatoms. The molecule has 0 unspecified atom stereocenters. The van der Waals surface area contributed by atoms with Crippen LogP contribution >= 0.6 is 0 Å². The van der Waals surface area contributed by atoms with Crippen molar-refractivity contribution in [3.63, 3.8) is 0 Å². The van der Waals surface area contributed by atoms with Gasteiger partial charge in [0.1, 0.15) is 23.3 Å². The number of nitrogens with zero attached hydrogens (tertiary/aromatic N) is 3. The zero-order chi connectivity index (χ0) is 17.0. The summed E-state index contributed by atoms with van der Waals surface area (Å²) >= 11 is 0. The smallest absolute Gasteiger partial charge is 0.414 e. The zero-order valence-electron chi connectivity index (χ0n) is 13.6. The van der Waals surface area contributed by atoms with Gasteiger partial charge in [0.25, 0.3) is 0 Å². The van der Waals surface area contributed by atoms with E-state index in [-0.39, 0.29) is 11.7 Å². The summed E-state index contributed by atoms with van der Waals surface area (Å²) in [4.78, 5) is 14.0. The number of carbonyl (C=O) groups is 1.